The lowest BCUT2D eigenvalue weighted by Crippen LogP contribution is -2.17. The molecule has 0 aliphatic carbocycles. The van der Waals surface area contributed by atoms with Gasteiger partial charge in [-0.1, -0.05) is 35.9 Å². The molecule has 4 rings (SSSR count). The van der Waals surface area contributed by atoms with Gasteiger partial charge in [0.05, 0.1) is 10.7 Å². The molecular formula is C19H14ClF2N5O. The molecule has 9 heteroatoms. The maximum Gasteiger partial charge on any atom is 0.293 e. The fourth-order valence-corrected chi connectivity index (χ4v) is 3.34. The lowest BCUT2D eigenvalue weighted by atomic mass is 10.0. The van der Waals surface area contributed by atoms with Crippen molar-refractivity contribution in [3.05, 3.63) is 65.2 Å². The van der Waals surface area contributed by atoms with Crippen LogP contribution in [0.1, 0.15) is 22.6 Å². The smallest absolute Gasteiger partial charge is 0.293 e. The molecule has 0 unspecified atom stereocenters. The molecule has 0 aliphatic heterocycles. The van der Waals surface area contributed by atoms with E-state index in [0.29, 0.717) is 32.9 Å². The van der Waals surface area contributed by atoms with Gasteiger partial charge in [-0.05, 0) is 18.2 Å². The molecule has 2 N–H and O–H groups in total. The van der Waals surface area contributed by atoms with Gasteiger partial charge in [0, 0.05) is 34.8 Å². The van der Waals surface area contributed by atoms with Crippen LogP contribution < -0.4 is 5.32 Å². The number of halogens is 3. The normalized spacial score (nSPS) is 11.3. The van der Waals surface area contributed by atoms with Crippen LogP contribution >= 0.6 is 11.6 Å². The van der Waals surface area contributed by atoms with Crippen molar-refractivity contribution in [2.24, 2.45) is 7.05 Å². The number of amides is 1. The van der Waals surface area contributed by atoms with E-state index in [1.165, 1.54) is 17.1 Å². The summed E-state index contributed by atoms with van der Waals surface area (Å²) in [4.78, 5) is 19.3. The van der Waals surface area contributed by atoms with Crippen molar-refractivity contribution in [2.75, 3.05) is 5.32 Å². The predicted molar refractivity (Wildman–Crippen MR) is 103 cm³/mol. The molecular weight excluding hydrogens is 388 g/mol. The first-order chi connectivity index (χ1) is 13.5. The molecule has 0 saturated heterocycles. The van der Waals surface area contributed by atoms with Gasteiger partial charge < -0.3 is 10.3 Å². The van der Waals surface area contributed by atoms with Gasteiger partial charge in [-0.3, -0.25) is 4.79 Å². The number of carbonyl (C=O) groups excluding carboxylic acids is 1. The van der Waals surface area contributed by atoms with E-state index >= 15 is 0 Å². The average molecular weight is 402 g/mol. The van der Waals surface area contributed by atoms with Crippen molar-refractivity contribution in [1.82, 2.24) is 19.7 Å². The maximum atomic E-state index is 13.4. The molecule has 0 atom stereocenters. The van der Waals surface area contributed by atoms with E-state index in [0.717, 1.165) is 0 Å². The molecule has 6 nitrogen and oxygen atoms in total. The SMILES string of the molecule is Cn1ncnc1C(=O)Nc1ccc2c(Cl)c(-c3ccccc3C(F)F)[nH]c2c1. The quantitative estimate of drug-likeness (QED) is 0.515. The van der Waals surface area contributed by atoms with Gasteiger partial charge in [0.25, 0.3) is 12.3 Å². The number of benzene rings is 2. The van der Waals surface area contributed by atoms with Crippen LogP contribution in [0.4, 0.5) is 14.5 Å². The number of alkyl halides is 2. The molecule has 2 aromatic heterocycles. The molecule has 142 valence electrons. The second-order valence-electron chi connectivity index (χ2n) is 6.12. The van der Waals surface area contributed by atoms with E-state index in [9.17, 15) is 13.6 Å². The minimum absolute atomic E-state index is 0.105. The first kappa shape index (κ1) is 18.1. The van der Waals surface area contributed by atoms with Crippen LogP contribution in [0.25, 0.3) is 22.2 Å². The van der Waals surface area contributed by atoms with Crippen LogP contribution in [-0.2, 0) is 7.05 Å². The van der Waals surface area contributed by atoms with Gasteiger partial charge in [-0.25, -0.2) is 18.4 Å². The van der Waals surface area contributed by atoms with Crippen molar-refractivity contribution in [3.8, 4) is 11.3 Å². The summed E-state index contributed by atoms with van der Waals surface area (Å²) in [5.41, 5.74) is 1.76. The third-order valence-electron chi connectivity index (χ3n) is 4.37. The Bertz CT molecular complexity index is 1180. The fourth-order valence-electron chi connectivity index (χ4n) is 3.03. The molecule has 0 aliphatic rings. The van der Waals surface area contributed by atoms with Gasteiger partial charge in [0.15, 0.2) is 0 Å². The predicted octanol–water partition coefficient (Wildman–Crippen LogP) is 4.81. The van der Waals surface area contributed by atoms with Crippen molar-refractivity contribution >= 4 is 34.1 Å². The second kappa shape index (κ2) is 7.05. The first-order valence-electron chi connectivity index (χ1n) is 8.29. The Morgan fingerprint density at radius 3 is 2.75 bits per heavy atom. The highest BCUT2D eigenvalue weighted by atomic mass is 35.5. The highest BCUT2D eigenvalue weighted by Crippen LogP contribution is 2.39. The Morgan fingerprint density at radius 1 is 1.25 bits per heavy atom. The number of anilines is 1. The minimum atomic E-state index is -2.63. The third kappa shape index (κ3) is 3.11. The number of nitrogens with one attached hydrogen (secondary N) is 2. The highest BCUT2D eigenvalue weighted by Gasteiger charge is 2.19. The van der Waals surface area contributed by atoms with Crippen molar-refractivity contribution in [3.63, 3.8) is 0 Å². The Balaban J connectivity index is 1.72. The van der Waals surface area contributed by atoms with E-state index in [1.807, 2.05) is 0 Å². The molecule has 0 spiro atoms. The summed E-state index contributed by atoms with van der Waals surface area (Å²) >= 11 is 6.44. The Morgan fingerprint density at radius 2 is 2.04 bits per heavy atom. The summed E-state index contributed by atoms with van der Waals surface area (Å²) in [5, 5.41) is 7.60. The number of aryl methyl sites for hydroxylation is 1. The first-order valence-corrected chi connectivity index (χ1v) is 8.67. The number of nitrogens with zero attached hydrogens (tertiary/aromatic N) is 3. The minimum Gasteiger partial charge on any atom is -0.353 e. The molecule has 0 saturated carbocycles. The number of fused-ring (bicyclic) bond motifs is 1. The van der Waals surface area contributed by atoms with Crippen LogP contribution in [0.3, 0.4) is 0 Å². The number of hydrogen-bond donors (Lipinski definition) is 2. The third-order valence-corrected chi connectivity index (χ3v) is 4.77. The van der Waals surface area contributed by atoms with E-state index in [-0.39, 0.29) is 11.4 Å². The molecule has 1 amide bonds. The summed E-state index contributed by atoms with van der Waals surface area (Å²) in [7, 11) is 1.61. The number of hydrogen-bond acceptors (Lipinski definition) is 3. The fraction of sp³-hybridized carbons (Fsp3) is 0.105. The van der Waals surface area contributed by atoms with Gasteiger partial charge in [0.2, 0.25) is 5.82 Å². The van der Waals surface area contributed by atoms with Gasteiger partial charge in [0.1, 0.15) is 6.33 Å². The van der Waals surface area contributed by atoms with Gasteiger partial charge in [-0.2, -0.15) is 5.10 Å². The van der Waals surface area contributed by atoms with Gasteiger partial charge in [-0.15, -0.1) is 0 Å². The number of rotatable bonds is 4. The van der Waals surface area contributed by atoms with Crippen molar-refractivity contribution in [2.45, 2.75) is 6.43 Å². The molecule has 2 heterocycles. The standard InChI is InChI=1S/C19H14ClF2N5O/c1-27-18(23-9-24-27)19(28)25-10-6-7-13-14(8-10)26-16(15(13)20)11-4-2-3-5-12(11)17(21)22/h2-9,17,26H,1H3,(H,25,28). The van der Waals surface area contributed by atoms with Gasteiger partial charge >= 0.3 is 0 Å². The summed E-state index contributed by atoms with van der Waals surface area (Å²) in [5.74, 6) is -0.253. The Labute approximate surface area is 163 Å². The second-order valence-corrected chi connectivity index (χ2v) is 6.50. The summed E-state index contributed by atoms with van der Waals surface area (Å²) in [6.45, 7) is 0. The molecule has 2 aromatic carbocycles. The maximum absolute atomic E-state index is 13.4. The Hall–Kier alpha value is -3.26. The zero-order valence-corrected chi connectivity index (χ0v) is 15.3. The van der Waals surface area contributed by atoms with Crippen LogP contribution in [0, 0.1) is 0 Å². The zero-order chi connectivity index (χ0) is 19.8. The van der Waals surface area contributed by atoms with Crippen molar-refractivity contribution in [1.29, 1.82) is 0 Å². The van der Waals surface area contributed by atoms with Crippen LogP contribution in [0.2, 0.25) is 5.02 Å². The van der Waals surface area contributed by atoms with E-state index < -0.39 is 12.3 Å². The number of aromatic amines is 1. The summed E-state index contributed by atoms with van der Waals surface area (Å²) in [6, 6.07) is 11.3. The van der Waals surface area contributed by atoms with E-state index in [1.54, 1.807) is 43.4 Å². The lowest BCUT2D eigenvalue weighted by molar-refractivity contribution is 0.101. The largest absolute Gasteiger partial charge is 0.353 e. The van der Waals surface area contributed by atoms with E-state index in [2.05, 4.69) is 20.4 Å². The number of aromatic nitrogens is 4. The summed E-state index contributed by atoms with van der Waals surface area (Å²) in [6.07, 6.45) is -1.34. The van der Waals surface area contributed by atoms with Crippen LogP contribution in [-0.4, -0.2) is 25.7 Å². The van der Waals surface area contributed by atoms with Crippen LogP contribution in [0.5, 0.6) is 0 Å². The molecule has 0 radical (unpaired) electrons. The van der Waals surface area contributed by atoms with Crippen molar-refractivity contribution < 1.29 is 13.6 Å². The molecule has 4 aromatic rings. The molecule has 0 fully saturated rings. The van der Waals surface area contributed by atoms with Crippen LogP contribution in [0.15, 0.2) is 48.8 Å². The number of carbonyl (C=O) groups is 1. The molecule has 0 bridgehead atoms. The zero-order valence-electron chi connectivity index (χ0n) is 14.6. The summed E-state index contributed by atoms with van der Waals surface area (Å²) < 4.78 is 28.1. The number of H-pyrrole nitrogens is 1. The highest BCUT2D eigenvalue weighted by molar-refractivity contribution is 6.38. The monoisotopic (exact) mass is 401 g/mol. The lowest BCUT2D eigenvalue weighted by Gasteiger charge is -2.07. The molecule has 28 heavy (non-hydrogen) atoms. The average Bonchev–Trinajstić information content (AvgIpc) is 3.25. The Kier molecular flexibility index (Phi) is 4.56. The van der Waals surface area contributed by atoms with E-state index in [4.69, 9.17) is 11.6 Å². The topological polar surface area (TPSA) is 75.6 Å².